The van der Waals surface area contributed by atoms with E-state index in [2.05, 4.69) is 29.5 Å². The van der Waals surface area contributed by atoms with Gasteiger partial charge in [-0.3, -0.25) is 0 Å². The molecule has 5 heteroatoms. The van der Waals surface area contributed by atoms with Gasteiger partial charge in [-0.25, -0.2) is 9.07 Å². The largest absolute Gasteiger partial charge is 0.305 e. The Balaban J connectivity index is 2.37. The Morgan fingerprint density at radius 2 is 2.05 bits per heavy atom. The minimum absolute atomic E-state index is 0.203. The summed E-state index contributed by atoms with van der Waals surface area (Å²) in [7, 11) is 0. The molecule has 0 bridgehead atoms. The zero-order valence-corrected chi connectivity index (χ0v) is 12.0. The number of hydrogen-bond acceptors (Lipinski definition) is 3. The molecule has 2 aromatic rings. The number of aromatic nitrogens is 3. The average molecular weight is 276 g/mol. The predicted octanol–water partition coefficient (Wildman–Crippen LogP) is 2.92. The van der Waals surface area contributed by atoms with Crippen LogP contribution in [0.3, 0.4) is 0 Å². The van der Waals surface area contributed by atoms with Crippen LogP contribution in [0.2, 0.25) is 0 Å². The Hall–Kier alpha value is -1.75. The molecule has 20 heavy (non-hydrogen) atoms. The molecule has 0 aliphatic rings. The highest BCUT2D eigenvalue weighted by Gasteiger charge is 2.21. The molecule has 0 radical (unpaired) electrons. The van der Waals surface area contributed by atoms with Crippen LogP contribution in [0.25, 0.3) is 0 Å². The van der Waals surface area contributed by atoms with Crippen molar-refractivity contribution >= 4 is 0 Å². The number of benzene rings is 1. The third kappa shape index (κ3) is 3.22. The lowest BCUT2D eigenvalue weighted by Crippen LogP contribution is -2.26. The normalized spacial score (nSPS) is 12.6. The summed E-state index contributed by atoms with van der Waals surface area (Å²) in [6.07, 6.45) is 3.67. The van der Waals surface area contributed by atoms with Gasteiger partial charge in [0.2, 0.25) is 0 Å². The Bertz CT molecular complexity index is 538. The van der Waals surface area contributed by atoms with Crippen LogP contribution in [0.4, 0.5) is 4.39 Å². The van der Waals surface area contributed by atoms with Crippen molar-refractivity contribution in [3.63, 3.8) is 0 Å². The zero-order valence-electron chi connectivity index (χ0n) is 12.0. The lowest BCUT2D eigenvalue weighted by Gasteiger charge is -2.20. The second-order valence-corrected chi connectivity index (χ2v) is 4.79. The molecule has 1 aromatic heterocycles. The van der Waals surface area contributed by atoms with E-state index in [9.17, 15) is 4.39 Å². The summed E-state index contributed by atoms with van der Waals surface area (Å²) < 4.78 is 15.9. The topological polar surface area (TPSA) is 42.7 Å². The molecule has 1 heterocycles. The van der Waals surface area contributed by atoms with Crippen molar-refractivity contribution in [2.75, 3.05) is 6.54 Å². The van der Waals surface area contributed by atoms with E-state index >= 15 is 0 Å². The van der Waals surface area contributed by atoms with Crippen LogP contribution < -0.4 is 5.32 Å². The van der Waals surface area contributed by atoms with Gasteiger partial charge in [-0.2, -0.15) is 0 Å². The van der Waals surface area contributed by atoms with Gasteiger partial charge in [-0.15, -0.1) is 5.10 Å². The molecule has 0 saturated heterocycles. The highest BCUT2D eigenvalue weighted by Crippen LogP contribution is 2.23. The second kappa shape index (κ2) is 7.14. The number of nitrogens with zero attached hydrogens (tertiary/aromatic N) is 3. The number of halogens is 1. The van der Waals surface area contributed by atoms with Crippen LogP contribution in [0, 0.1) is 5.82 Å². The van der Waals surface area contributed by atoms with Gasteiger partial charge in [0.15, 0.2) is 0 Å². The van der Waals surface area contributed by atoms with Crippen molar-refractivity contribution in [3.05, 3.63) is 47.5 Å². The van der Waals surface area contributed by atoms with Crippen molar-refractivity contribution in [2.24, 2.45) is 0 Å². The highest BCUT2D eigenvalue weighted by atomic mass is 19.1. The Morgan fingerprint density at radius 1 is 1.25 bits per heavy atom. The summed E-state index contributed by atoms with van der Waals surface area (Å²) >= 11 is 0. The Labute approximate surface area is 119 Å². The van der Waals surface area contributed by atoms with Crippen LogP contribution in [0.15, 0.2) is 30.5 Å². The van der Waals surface area contributed by atoms with E-state index in [0.29, 0.717) is 5.56 Å². The summed E-state index contributed by atoms with van der Waals surface area (Å²) in [4.78, 5) is 0. The van der Waals surface area contributed by atoms with Crippen molar-refractivity contribution < 1.29 is 4.39 Å². The van der Waals surface area contributed by atoms with Crippen LogP contribution in [-0.4, -0.2) is 21.5 Å². The lowest BCUT2D eigenvalue weighted by molar-refractivity contribution is 0.489. The van der Waals surface area contributed by atoms with E-state index in [1.54, 1.807) is 12.3 Å². The lowest BCUT2D eigenvalue weighted by atomic mass is 10.0. The van der Waals surface area contributed by atoms with E-state index < -0.39 is 0 Å². The van der Waals surface area contributed by atoms with Gasteiger partial charge in [0.05, 0.1) is 17.9 Å². The summed E-state index contributed by atoms with van der Waals surface area (Å²) in [6, 6.07) is 6.65. The first-order valence-electron chi connectivity index (χ1n) is 7.14. The third-order valence-corrected chi connectivity index (χ3v) is 3.19. The van der Waals surface area contributed by atoms with Gasteiger partial charge < -0.3 is 5.32 Å². The second-order valence-electron chi connectivity index (χ2n) is 4.79. The van der Waals surface area contributed by atoms with Crippen molar-refractivity contribution in [1.82, 2.24) is 20.3 Å². The van der Waals surface area contributed by atoms with Crippen LogP contribution in [0.5, 0.6) is 0 Å². The molecule has 1 aromatic carbocycles. The van der Waals surface area contributed by atoms with Gasteiger partial charge in [0.25, 0.3) is 0 Å². The Morgan fingerprint density at radius 3 is 2.75 bits per heavy atom. The maximum absolute atomic E-state index is 14.1. The molecule has 0 aliphatic carbocycles. The molecule has 4 nitrogen and oxygen atoms in total. The first kappa shape index (κ1) is 14.7. The standard InChI is InChI=1S/C15H21FN4/c1-3-9-17-15(12-7-5-6-8-13(12)16)14-11-18-19-20(14)10-4-2/h5-8,11,15,17H,3-4,9-10H2,1-2H3. The molecule has 0 saturated carbocycles. The van der Waals surface area contributed by atoms with E-state index in [-0.39, 0.29) is 11.9 Å². The van der Waals surface area contributed by atoms with Crippen molar-refractivity contribution in [3.8, 4) is 0 Å². The first-order valence-corrected chi connectivity index (χ1v) is 7.14. The summed E-state index contributed by atoms with van der Waals surface area (Å²) in [5, 5.41) is 11.5. The fourth-order valence-corrected chi connectivity index (χ4v) is 2.25. The monoisotopic (exact) mass is 276 g/mol. The molecular weight excluding hydrogens is 255 g/mol. The third-order valence-electron chi connectivity index (χ3n) is 3.19. The molecule has 0 aliphatic heterocycles. The van der Waals surface area contributed by atoms with E-state index in [0.717, 1.165) is 31.6 Å². The van der Waals surface area contributed by atoms with E-state index in [1.165, 1.54) is 6.07 Å². The fourth-order valence-electron chi connectivity index (χ4n) is 2.25. The van der Waals surface area contributed by atoms with Crippen LogP contribution in [0.1, 0.15) is 44.0 Å². The van der Waals surface area contributed by atoms with Gasteiger partial charge in [0, 0.05) is 12.1 Å². The average Bonchev–Trinajstić information content (AvgIpc) is 2.90. The minimum Gasteiger partial charge on any atom is -0.305 e. The Kier molecular flexibility index (Phi) is 5.24. The van der Waals surface area contributed by atoms with Crippen molar-refractivity contribution in [1.29, 1.82) is 0 Å². The minimum atomic E-state index is -0.210. The molecule has 108 valence electrons. The maximum atomic E-state index is 14.1. The quantitative estimate of drug-likeness (QED) is 0.845. The SMILES string of the molecule is CCCNC(c1ccccc1F)c1cnnn1CCC. The number of nitrogens with one attached hydrogen (secondary N) is 1. The number of aryl methyl sites for hydroxylation is 1. The van der Waals surface area contributed by atoms with Gasteiger partial charge >= 0.3 is 0 Å². The molecular formula is C15H21FN4. The van der Waals surface area contributed by atoms with E-state index in [4.69, 9.17) is 0 Å². The fraction of sp³-hybridized carbons (Fsp3) is 0.467. The number of rotatable bonds is 7. The zero-order chi connectivity index (χ0) is 14.4. The molecule has 2 rings (SSSR count). The molecule has 1 atom stereocenters. The van der Waals surface area contributed by atoms with E-state index in [1.807, 2.05) is 16.8 Å². The summed E-state index contributed by atoms with van der Waals surface area (Å²) in [6.45, 7) is 5.78. The number of hydrogen-bond donors (Lipinski definition) is 1. The van der Waals surface area contributed by atoms with Gasteiger partial charge in [-0.1, -0.05) is 37.3 Å². The molecule has 1 N–H and O–H groups in total. The molecule has 0 spiro atoms. The highest BCUT2D eigenvalue weighted by molar-refractivity contribution is 5.28. The van der Waals surface area contributed by atoms with Crippen LogP contribution >= 0.6 is 0 Å². The predicted molar refractivity (Wildman–Crippen MR) is 76.8 cm³/mol. The van der Waals surface area contributed by atoms with Crippen molar-refractivity contribution in [2.45, 2.75) is 39.3 Å². The first-order chi connectivity index (χ1) is 9.77. The molecule has 1 unspecified atom stereocenters. The molecule has 0 fully saturated rings. The smallest absolute Gasteiger partial charge is 0.128 e. The van der Waals surface area contributed by atoms with Crippen LogP contribution in [-0.2, 0) is 6.54 Å². The maximum Gasteiger partial charge on any atom is 0.128 e. The summed E-state index contributed by atoms with van der Waals surface area (Å²) in [5.74, 6) is -0.203. The molecule has 0 amide bonds. The van der Waals surface area contributed by atoms with Gasteiger partial charge in [0.1, 0.15) is 5.82 Å². The van der Waals surface area contributed by atoms with Gasteiger partial charge in [-0.05, 0) is 25.5 Å². The summed E-state index contributed by atoms with van der Waals surface area (Å²) in [5.41, 5.74) is 1.55.